The molecule has 1 N–H and O–H groups in total. The molecule has 0 saturated carbocycles. The fourth-order valence-corrected chi connectivity index (χ4v) is 2.68. The summed E-state index contributed by atoms with van der Waals surface area (Å²) < 4.78 is 5.02. The van der Waals surface area contributed by atoms with Crippen molar-refractivity contribution in [3.63, 3.8) is 0 Å². The Labute approximate surface area is 155 Å². The molecule has 0 atom stereocenters. The topological polar surface area (TPSA) is 92.8 Å². The van der Waals surface area contributed by atoms with E-state index in [9.17, 15) is 19.2 Å². The highest BCUT2D eigenvalue weighted by molar-refractivity contribution is 6.20. The standard InChI is InChI=1S/C20H18N2O5/c1-13-5-7-15(8-6-13)21-17(23)12-27-20(26)14-3-2-4-16(11-14)22-18(24)9-10-19(22)25/h2-8,11H,9-10,12H2,1H3,(H,21,23). The first-order valence-corrected chi connectivity index (χ1v) is 8.43. The van der Waals surface area contributed by atoms with Crippen LogP contribution in [0.25, 0.3) is 0 Å². The highest BCUT2D eigenvalue weighted by atomic mass is 16.5. The van der Waals surface area contributed by atoms with E-state index >= 15 is 0 Å². The Hall–Kier alpha value is -3.48. The number of imide groups is 1. The third kappa shape index (κ3) is 4.38. The van der Waals surface area contributed by atoms with Crippen LogP contribution in [-0.2, 0) is 19.1 Å². The molecule has 2 aromatic carbocycles. The van der Waals surface area contributed by atoms with E-state index in [0.29, 0.717) is 11.4 Å². The average molecular weight is 366 g/mol. The smallest absolute Gasteiger partial charge is 0.338 e. The van der Waals surface area contributed by atoms with Gasteiger partial charge in [0.1, 0.15) is 0 Å². The molecular weight excluding hydrogens is 348 g/mol. The molecule has 1 heterocycles. The normalized spacial score (nSPS) is 13.6. The third-order valence-electron chi connectivity index (χ3n) is 4.06. The molecule has 0 bridgehead atoms. The van der Waals surface area contributed by atoms with Gasteiger partial charge in [-0.25, -0.2) is 4.79 Å². The lowest BCUT2D eigenvalue weighted by atomic mass is 10.2. The number of carbonyl (C=O) groups is 4. The van der Waals surface area contributed by atoms with Crippen molar-refractivity contribution in [1.82, 2.24) is 0 Å². The van der Waals surface area contributed by atoms with Crippen molar-refractivity contribution in [2.24, 2.45) is 0 Å². The lowest BCUT2D eigenvalue weighted by Gasteiger charge is -2.14. The van der Waals surface area contributed by atoms with Gasteiger partial charge in [0.15, 0.2) is 6.61 Å². The maximum absolute atomic E-state index is 12.2. The number of ether oxygens (including phenoxy) is 1. The molecule has 3 amide bonds. The van der Waals surface area contributed by atoms with E-state index in [0.717, 1.165) is 10.5 Å². The van der Waals surface area contributed by atoms with Gasteiger partial charge in [-0.05, 0) is 37.3 Å². The number of aryl methyl sites for hydroxylation is 1. The van der Waals surface area contributed by atoms with Gasteiger partial charge in [0.2, 0.25) is 11.8 Å². The van der Waals surface area contributed by atoms with Crippen molar-refractivity contribution < 1.29 is 23.9 Å². The number of anilines is 2. The van der Waals surface area contributed by atoms with Gasteiger partial charge in [0, 0.05) is 18.5 Å². The van der Waals surface area contributed by atoms with Crippen molar-refractivity contribution in [2.75, 3.05) is 16.8 Å². The molecule has 1 aliphatic heterocycles. The minimum Gasteiger partial charge on any atom is -0.452 e. The van der Waals surface area contributed by atoms with Crippen LogP contribution in [0.1, 0.15) is 28.8 Å². The summed E-state index contributed by atoms with van der Waals surface area (Å²) in [5.74, 6) is -1.78. The van der Waals surface area contributed by atoms with Crippen LogP contribution in [0.3, 0.4) is 0 Å². The Morgan fingerprint density at radius 3 is 2.37 bits per heavy atom. The van der Waals surface area contributed by atoms with Crippen LogP contribution < -0.4 is 10.2 Å². The molecule has 2 aromatic rings. The second kappa shape index (κ2) is 7.82. The van der Waals surface area contributed by atoms with Crippen LogP contribution in [-0.4, -0.2) is 30.3 Å². The van der Waals surface area contributed by atoms with Gasteiger partial charge in [0.05, 0.1) is 11.3 Å². The van der Waals surface area contributed by atoms with Gasteiger partial charge in [-0.3, -0.25) is 19.3 Å². The number of esters is 1. The van der Waals surface area contributed by atoms with E-state index in [-0.39, 0.29) is 30.2 Å². The molecule has 0 aromatic heterocycles. The number of nitrogens with one attached hydrogen (secondary N) is 1. The number of nitrogens with zero attached hydrogens (tertiary/aromatic N) is 1. The van der Waals surface area contributed by atoms with E-state index < -0.39 is 18.5 Å². The van der Waals surface area contributed by atoms with Crippen molar-refractivity contribution >= 4 is 35.1 Å². The van der Waals surface area contributed by atoms with Crippen LogP contribution in [0, 0.1) is 6.92 Å². The van der Waals surface area contributed by atoms with Crippen LogP contribution >= 0.6 is 0 Å². The Morgan fingerprint density at radius 1 is 1.04 bits per heavy atom. The first-order chi connectivity index (χ1) is 12.9. The first-order valence-electron chi connectivity index (χ1n) is 8.43. The molecule has 138 valence electrons. The highest BCUT2D eigenvalue weighted by Gasteiger charge is 2.30. The van der Waals surface area contributed by atoms with Crippen LogP contribution in [0.2, 0.25) is 0 Å². The summed E-state index contributed by atoms with van der Waals surface area (Å²) in [4.78, 5) is 48.8. The quantitative estimate of drug-likeness (QED) is 0.648. The predicted octanol–water partition coefficient (Wildman–Crippen LogP) is 2.44. The van der Waals surface area contributed by atoms with Gasteiger partial charge in [0.25, 0.3) is 5.91 Å². The molecule has 1 aliphatic rings. The molecule has 27 heavy (non-hydrogen) atoms. The largest absolute Gasteiger partial charge is 0.452 e. The monoisotopic (exact) mass is 366 g/mol. The molecule has 7 nitrogen and oxygen atoms in total. The predicted molar refractivity (Wildman–Crippen MR) is 98.3 cm³/mol. The third-order valence-corrected chi connectivity index (χ3v) is 4.06. The maximum Gasteiger partial charge on any atom is 0.338 e. The second-order valence-electron chi connectivity index (χ2n) is 6.16. The van der Waals surface area contributed by atoms with Crippen molar-refractivity contribution in [3.8, 4) is 0 Å². The summed E-state index contributed by atoms with van der Waals surface area (Å²) in [6.45, 7) is 1.49. The molecule has 0 radical (unpaired) electrons. The molecule has 0 aliphatic carbocycles. The van der Waals surface area contributed by atoms with Gasteiger partial charge in [-0.15, -0.1) is 0 Å². The zero-order chi connectivity index (χ0) is 19.4. The van der Waals surface area contributed by atoms with Crippen LogP contribution in [0.5, 0.6) is 0 Å². The van der Waals surface area contributed by atoms with Crippen molar-refractivity contribution in [2.45, 2.75) is 19.8 Å². The summed E-state index contributed by atoms with van der Waals surface area (Å²) in [5.41, 5.74) is 2.15. The number of rotatable bonds is 5. The van der Waals surface area contributed by atoms with E-state index in [4.69, 9.17) is 4.74 Å². The van der Waals surface area contributed by atoms with Gasteiger partial charge < -0.3 is 10.1 Å². The average Bonchev–Trinajstić information content (AvgIpc) is 3.00. The SMILES string of the molecule is Cc1ccc(NC(=O)COC(=O)c2cccc(N3C(=O)CCC3=O)c2)cc1. The minimum atomic E-state index is -0.713. The van der Waals surface area contributed by atoms with E-state index in [1.807, 2.05) is 19.1 Å². The van der Waals surface area contributed by atoms with Crippen LogP contribution in [0.4, 0.5) is 11.4 Å². The van der Waals surface area contributed by atoms with Crippen LogP contribution in [0.15, 0.2) is 48.5 Å². The number of amides is 3. The fraction of sp³-hybridized carbons (Fsp3) is 0.200. The van der Waals surface area contributed by atoms with Crippen molar-refractivity contribution in [1.29, 1.82) is 0 Å². The summed E-state index contributed by atoms with van der Waals surface area (Å²) >= 11 is 0. The number of hydrogen-bond acceptors (Lipinski definition) is 5. The Morgan fingerprint density at radius 2 is 1.70 bits per heavy atom. The van der Waals surface area contributed by atoms with E-state index in [2.05, 4.69) is 5.32 Å². The molecule has 3 rings (SSSR count). The summed E-state index contributed by atoms with van der Waals surface area (Å²) in [6.07, 6.45) is 0.319. The summed E-state index contributed by atoms with van der Waals surface area (Å²) in [5, 5.41) is 2.63. The van der Waals surface area contributed by atoms with Crippen molar-refractivity contribution in [3.05, 3.63) is 59.7 Å². The number of hydrogen-bond donors (Lipinski definition) is 1. The highest BCUT2D eigenvalue weighted by Crippen LogP contribution is 2.23. The lowest BCUT2D eigenvalue weighted by molar-refractivity contribution is -0.121. The minimum absolute atomic E-state index is 0.156. The van der Waals surface area contributed by atoms with E-state index in [1.54, 1.807) is 24.3 Å². The molecule has 0 spiro atoms. The Kier molecular flexibility index (Phi) is 5.30. The summed E-state index contributed by atoms with van der Waals surface area (Å²) in [6, 6.07) is 13.2. The lowest BCUT2D eigenvalue weighted by Crippen LogP contribution is -2.28. The van der Waals surface area contributed by atoms with Gasteiger partial charge in [-0.2, -0.15) is 0 Å². The molecule has 1 saturated heterocycles. The molecule has 0 unspecified atom stereocenters. The zero-order valence-corrected chi connectivity index (χ0v) is 14.7. The maximum atomic E-state index is 12.2. The number of carbonyl (C=O) groups excluding carboxylic acids is 4. The number of benzene rings is 2. The first kappa shape index (κ1) is 18.3. The summed E-state index contributed by atoms with van der Waals surface area (Å²) in [7, 11) is 0. The Bertz CT molecular complexity index is 889. The van der Waals surface area contributed by atoms with Gasteiger partial charge in [-0.1, -0.05) is 23.8 Å². The molecule has 1 fully saturated rings. The van der Waals surface area contributed by atoms with E-state index in [1.165, 1.54) is 12.1 Å². The second-order valence-corrected chi connectivity index (χ2v) is 6.16. The van der Waals surface area contributed by atoms with Gasteiger partial charge >= 0.3 is 5.97 Å². The fourth-order valence-electron chi connectivity index (χ4n) is 2.68. The zero-order valence-electron chi connectivity index (χ0n) is 14.7. The molecule has 7 heteroatoms. The molecular formula is C20H18N2O5. The Balaban J connectivity index is 1.60.